The number of fused-ring (bicyclic) bond motifs is 2. The quantitative estimate of drug-likeness (QED) is 0.132. The van der Waals surface area contributed by atoms with Gasteiger partial charge in [-0.15, -0.1) is 0 Å². The molecule has 0 aliphatic carbocycles. The van der Waals surface area contributed by atoms with Gasteiger partial charge in [0.2, 0.25) is 0 Å². The molecule has 0 saturated carbocycles. The van der Waals surface area contributed by atoms with Crippen LogP contribution in [0.3, 0.4) is 0 Å². The van der Waals surface area contributed by atoms with Crippen molar-refractivity contribution in [3.8, 4) is 33.6 Å². The monoisotopic (exact) mass is 762 g/mol. The van der Waals surface area contributed by atoms with Gasteiger partial charge >= 0.3 is 0 Å². The average molecular weight is 763 g/mol. The Bertz CT molecular complexity index is 2940. The van der Waals surface area contributed by atoms with Crippen LogP contribution >= 0.6 is 0 Å². The van der Waals surface area contributed by atoms with E-state index in [0.29, 0.717) is 56.6 Å². The summed E-state index contributed by atoms with van der Waals surface area (Å²) in [7, 11) is 0. The Balaban J connectivity index is 0.000000172. The summed E-state index contributed by atoms with van der Waals surface area (Å²) >= 11 is 0. The van der Waals surface area contributed by atoms with Crippen molar-refractivity contribution in [3.63, 3.8) is 0 Å². The molecular weight excluding hydrogens is 732 g/mol. The Hall–Kier alpha value is -6.93. The van der Waals surface area contributed by atoms with E-state index in [9.17, 15) is 37.1 Å². The first-order valence-electron chi connectivity index (χ1n) is 17.0. The van der Waals surface area contributed by atoms with E-state index < -0.39 is 29.9 Å². The number of aryl methyl sites for hydroxylation is 4. The van der Waals surface area contributed by atoms with Gasteiger partial charge in [0.25, 0.3) is 0 Å². The van der Waals surface area contributed by atoms with E-state index in [-0.39, 0.29) is 33.6 Å². The molecule has 10 nitrogen and oxygen atoms in total. The second-order valence-electron chi connectivity index (χ2n) is 12.9. The number of hydrogen-bond donors (Lipinski definition) is 1. The normalized spacial score (nSPS) is 11.2. The van der Waals surface area contributed by atoms with Gasteiger partial charge in [0.1, 0.15) is 34.8 Å². The first-order chi connectivity index (χ1) is 26.8. The lowest BCUT2D eigenvalue weighted by molar-refractivity contribution is 0.111. The highest BCUT2D eigenvalue weighted by molar-refractivity contribution is 5.90. The first kappa shape index (κ1) is 37.4. The largest absolute Gasteiger partial charge is 0.390 e. The van der Waals surface area contributed by atoms with Crippen molar-refractivity contribution < 1.29 is 36.5 Å². The molecule has 0 aliphatic heterocycles. The maximum atomic E-state index is 14.5. The molecule has 0 saturated heterocycles. The molecule has 0 fully saturated rings. The molecule has 0 unspecified atom stereocenters. The van der Waals surface area contributed by atoms with Crippen LogP contribution in [-0.4, -0.2) is 30.8 Å². The van der Waals surface area contributed by atoms with Gasteiger partial charge in [-0.3, -0.25) is 14.4 Å². The van der Waals surface area contributed by atoms with Crippen LogP contribution in [0.15, 0.2) is 104 Å². The molecule has 4 aromatic carbocycles. The minimum atomic E-state index is -0.851. The van der Waals surface area contributed by atoms with Crippen molar-refractivity contribution in [1.29, 1.82) is 0 Å². The molecule has 8 rings (SSSR count). The van der Waals surface area contributed by atoms with Gasteiger partial charge in [-0.25, -0.2) is 17.6 Å². The van der Waals surface area contributed by atoms with E-state index in [4.69, 9.17) is 9.05 Å². The van der Waals surface area contributed by atoms with Crippen molar-refractivity contribution in [2.24, 2.45) is 0 Å². The lowest BCUT2D eigenvalue weighted by Crippen LogP contribution is -2.14. The molecule has 0 aliphatic rings. The first-order valence-corrected chi connectivity index (χ1v) is 17.0. The van der Waals surface area contributed by atoms with Crippen LogP contribution in [0.4, 0.5) is 17.6 Å². The standard InChI is InChI=1S/C21H16F2N2O3.C21H14F2N2O3/c2*1-11-21(12(2)28-24-11)13-3-5-16-19(7-13)25(15(10-26)9-20(16)27)18-6-4-14(22)8-17(18)23/h3-9,26H,10H2,1-2H3;3-10H,1-2H3. The van der Waals surface area contributed by atoms with Crippen LogP contribution < -0.4 is 10.9 Å². The number of halogens is 4. The van der Waals surface area contributed by atoms with Gasteiger partial charge in [0, 0.05) is 46.2 Å². The van der Waals surface area contributed by atoms with Crippen LogP contribution in [-0.2, 0) is 6.61 Å². The highest BCUT2D eigenvalue weighted by Gasteiger charge is 2.20. The predicted octanol–water partition coefficient (Wildman–Crippen LogP) is 8.39. The number of aldehydes is 1. The smallest absolute Gasteiger partial charge is 0.190 e. The van der Waals surface area contributed by atoms with Crippen molar-refractivity contribution in [2.45, 2.75) is 34.3 Å². The van der Waals surface area contributed by atoms with Crippen LogP contribution in [0.1, 0.15) is 39.1 Å². The van der Waals surface area contributed by atoms with Crippen LogP contribution in [0.25, 0.3) is 55.4 Å². The predicted molar refractivity (Wildman–Crippen MR) is 200 cm³/mol. The van der Waals surface area contributed by atoms with Gasteiger partial charge in [-0.05, 0) is 87.4 Å². The van der Waals surface area contributed by atoms with Gasteiger partial charge in [-0.1, -0.05) is 22.4 Å². The summed E-state index contributed by atoms with van der Waals surface area (Å²) in [5.74, 6) is -1.91. The highest BCUT2D eigenvalue weighted by atomic mass is 19.1. The number of nitrogens with zero attached hydrogens (tertiary/aromatic N) is 4. The number of aliphatic hydroxyl groups is 1. The fourth-order valence-electron chi connectivity index (χ4n) is 6.90. The molecule has 0 radical (unpaired) electrons. The van der Waals surface area contributed by atoms with Crippen molar-refractivity contribution >= 4 is 28.1 Å². The molecule has 56 heavy (non-hydrogen) atoms. The molecule has 8 aromatic rings. The molecule has 0 bridgehead atoms. The lowest BCUT2D eigenvalue weighted by atomic mass is 10.0. The van der Waals surface area contributed by atoms with E-state index in [1.165, 1.54) is 27.3 Å². The van der Waals surface area contributed by atoms with Crippen molar-refractivity contribution in [3.05, 3.63) is 163 Å². The van der Waals surface area contributed by atoms with E-state index >= 15 is 0 Å². The SMILES string of the molecule is Cc1noc(C)c1-c1ccc2c(=O)cc(C=O)n(-c3ccc(F)cc3F)c2c1.Cc1noc(C)c1-c1ccc2c(=O)cc(CO)n(-c3ccc(F)cc3F)c2c1. The van der Waals surface area contributed by atoms with E-state index in [1.54, 1.807) is 64.1 Å². The number of pyridine rings is 2. The molecule has 4 aromatic heterocycles. The topological polar surface area (TPSA) is 133 Å². The molecular formula is C42H30F4N4O6. The zero-order valence-electron chi connectivity index (χ0n) is 30.2. The maximum absolute atomic E-state index is 14.5. The van der Waals surface area contributed by atoms with Crippen LogP contribution in [0.5, 0.6) is 0 Å². The molecule has 0 atom stereocenters. The van der Waals surface area contributed by atoms with E-state index in [2.05, 4.69) is 10.3 Å². The highest BCUT2D eigenvalue weighted by Crippen LogP contribution is 2.32. The number of rotatable bonds is 6. The Labute approximate surface area is 314 Å². The summed E-state index contributed by atoms with van der Waals surface area (Å²) in [5, 5.41) is 18.3. The van der Waals surface area contributed by atoms with E-state index in [0.717, 1.165) is 47.0 Å². The summed E-state index contributed by atoms with van der Waals surface area (Å²) in [5.41, 5.74) is 4.46. The third-order valence-corrected chi connectivity index (χ3v) is 9.36. The second-order valence-corrected chi connectivity index (χ2v) is 12.9. The van der Waals surface area contributed by atoms with Crippen LogP contribution in [0, 0.1) is 51.0 Å². The third kappa shape index (κ3) is 6.60. The van der Waals surface area contributed by atoms with Crippen molar-refractivity contribution in [1.82, 2.24) is 19.4 Å². The Morgan fingerprint density at radius 2 is 1.09 bits per heavy atom. The van der Waals surface area contributed by atoms with Gasteiger partial charge in [-0.2, -0.15) is 0 Å². The molecule has 0 amide bonds. The zero-order chi connectivity index (χ0) is 40.0. The molecule has 1 N–H and O–H groups in total. The zero-order valence-corrected chi connectivity index (χ0v) is 30.2. The minimum absolute atomic E-state index is 0.0337. The summed E-state index contributed by atoms with van der Waals surface area (Å²) in [6.45, 7) is 6.62. The summed E-state index contributed by atoms with van der Waals surface area (Å²) in [6.07, 6.45) is 0.465. The number of aliphatic hydroxyl groups excluding tert-OH is 1. The number of carbonyl (C=O) groups excluding carboxylic acids is 1. The fourth-order valence-corrected chi connectivity index (χ4v) is 6.90. The van der Waals surface area contributed by atoms with Gasteiger partial charge in [0.15, 0.2) is 17.1 Å². The number of benzene rings is 4. The molecule has 282 valence electrons. The Morgan fingerprint density at radius 1 is 0.625 bits per heavy atom. The third-order valence-electron chi connectivity index (χ3n) is 9.36. The number of carbonyl (C=O) groups is 1. The Morgan fingerprint density at radius 3 is 1.52 bits per heavy atom. The number of aromatic nitrogens is 4. The second kappa shape index (κ2) is 14.7. The maximum Gasteiger partial charge on any atom is 0.190 e. The minimum Gasteiger partial charge on any atom is -0.390 e. The number of hydrogen-bond acceptors (Lipinski definition) is 8. The lowest BCUT2D eigenvalue weighted by Gasteiger charge is -2.17. The molecule has 14 heteroatoms. The summed E-state index contributed by atoms with van der Waals surface area (Å²) in [6, 6.07) is 18.7. The summed E-state index contributed by atoms with van der Waals surface area (Å²) in [4.78, 5) is 36.6. The van der Waals surface area contributed by atoms with E-state index in [1.807, 2.05) is 0 Å². The average Bonchev–Trinajstić information content (AvgIpc) is 3.69. The van der Waals surface area contributed by atoms with Gasteiger partial charge < -0.3 is 23.3 Å². The fraction of sp³-hybridized carbons (Fsp3) is 0.119. The van der Waals surface area contributed by atoms with Crippen molar-refractivity contribution in [2.75, 3.05) is 0 Å². The van der Waals surface area contributed by atoms with Gasteiger partial charge in [0.05, 0.1) is 51.8 Å². The summed E-state index contributed by atoms with van der Waals surface area (Å²) < 4.78 is 69.0. The molecule has 0 spiro atoms. The Kier molecular flexibility index (Phi) is 9.83. The van der Waals surface area contributed by atoms with Crippen LogP contribution in [0.2, 0.25) is 0 Å². The molecule has 4 heterocycles.